The first-order valence-corrected chi connectivity index (χ1v) is 6.64. The van der Waals surface area contributed by atoms with Crippen molar-refractivity contribution < 1.29 is 0 Å². The summed E-state index contributed by atoms with van der Waals surface area (Å²) in [6.07, 6.45) is 5.38. The largest absolute Gasteiger partial charge is 0.0847 e. The van der Waals surface area contributed by atoms with Crippen molar-refractivity contribution in [2.24, 2.45) is 5.92 Å². The van der Waals surface area contributed by atoms with Crippen LogP contribution in [0.15, 0.2) is 47.0 Å². The minimum atomic E-state index is 0.419. The molecule has 1 aromatic rings. The van der Waals surface area contributed by atoms with Crippen molar-refractivity contribution in [3.8, 4) is 0 Å². The highest BCUT2D eigenvalue weighted by molar-refractivity contribution is 6.31. The van der Waals surface area contributed by atoms with E-state index in [4.69, 9.17) is 11.6 Å². The zero-order chi connectivity index (χ0) is 12.4. The normalized spacial score (nSPS) is 24.2. The van der Waals surface area contributed by atoms with Crippen LogP contribution in [-0.4, -0.2) is 0 Å². The van der Waals surface area contributed by atoms with E-state index < -0.39 is 0 Å². The molecule has 0 saturated carbocycles. The first-order chi connectivity index (χ1) is 8.11. The maximum absolute atomic E-state index is 6.22. The van der Waals surface area contributed by atoms with Crippen molar-refractivity contribution in [1.29, 1.82) is 0 Å². The first kappa shape index (κ1) is 12.4. The van der Waals surface area contributed by atoms with Crippen molar-refractivity contribution in [2.45, 2.75) is 33.1 Å². The molecule has 1 heteroatoms. The molecule has 0 aliphatic heterocycles. The topological polar surface area (TPSA) is 0 Å². The summed E-state index contributed by atoms with van der Waals surface area (Å²) in [6, 6.07) is 8.78. The van der Waals surface area contributed by atoms with E-state index in [0.29, 0.717) is 11.8 Å². The Morgan fingerprint density at radius 3 is 2.41 bits per heavy atom. The zero-order valence-corrected chi connectivity index (χ0v) is 11.5. The molecule has 0 nitrogen and oxygen atoms in total. The second-order valence-electron chi connectivity index (χ2n) is 4.85. The fraction of sp³-hybridized carbons (Fsp3) is 0.375. The monoisotopic (exact) mass is 246 g/mol. The fourth-order valence-corrected chi connectivity index (χ4v) is 2.78. The van der Waals surface area contributed by atoms with Gasteiger partial charge in [-0.3, -0.25) is 0 Å². The van der Waals surface area contributed by atoms with Crippen LogP contribution in [0.4, 0.5) is 0 Å². The Morgan fingerprint density at radius 2 is 1.82 bits per heavy atom. The molecule has 0 bridgehead atoms. The van der Waals surface area contributed by atoms with E-state index in [1.807, 2.05) is 0 Å². The second-order valence-corrected chi connectivity index (χ2v) is 5.29. The quantitative estimate of drug-likeness (QED) is 0.674. The highest BCUT2D eigenvalue weighted by Crippen LogP contribution is 2.38. The van der Waals surface area contributed by atoms with Crippen molar-refractivity contribution in [3.05, 3.63) is 58.1 Å². The lowest BCUT2D eigenvalue weighted by Crippen LogP contribution is -2.13. The first-order valence-electron chi connectivity index (χ1n) is 6.26. The van der Waals surface area contributed by atoms with Crippen molar-refractivity contribution in [2.75, 3.05) is 0 Å². The van der Waals surface area contributed by atoms with Gasteiger partial charge in [-0.2, -0.15) is 0 Å². The average Bonchev–Trinajstić information content (AvgIpc) is 2.33. The summed E-state index contributed by atoms with van der Waals surface area (Å²) in [4.78, 5) is 0. The maximum atomic E-state index is 6.22. The van der Waals surface area contributed by atoms with Gasteiger partial charge in [0.2, 0.25) is 0 Å². The predicted octanol–water partition coefficient (Wildman–Crippen LogP) is 5.19. The standard InChI is InChI=1S/C16H19Cl/c1-4-13-9-15(17)10-16(12(13)3)14-7-5-11(2)6-8-14/h5-10,12,16H,4H2,1-3H3. The Morgan fingerprint density at radius 1 is 1.18 bits per heavy atom. The third-order valence-electron chi connectivity index (χ3n) is 3.66. The van der Waals surface area contributed by atoms with Crippen molar-refractivity contribution in [1.82, 2.24) is 0 Å². The Bertz CT molecular complexity index is 451. The lowest BCUT2D eigenvalue weighted by Gasteiger charge is -2.27. The molecule has 0 radical (unpaired) electrons. The summed E-state index contributed by atoms with van der Waals surface area (Å²) >= 11 is 6.22. The molecule has 2 rings (SSSR count). The van der Waals surface area contributed by atoms with Crippen LogP contribution >= 0.6 is 11.6 Å². The van der Waals surface area contributed by atoms with Gasteiger partial charge in [0.05, 0.1) is 0 Å². The van der Waals surface area contributed by atoms with E-state index in [0.717, 1.165) is 11.5 Å². The number of halogens is 1. The summed E-state index contributed by atoms with van der Waals surface area (Å²) < 4.78 is 0. The zero-order valence-electron chi connectivity index (χ0n) is 10.7. The molecule has 0 saturated heterocycles. The molecule has 1 aromatic carbocycles. The molecule has 0 N–H and O–H groups in total. The summed E-state index contributed by atoms with van der Waals surface area (Å²) in [7, 11) is 0. The third kappa shape index (κ3) is 2.63. The summed E-state index contributed by atoms with van der Waals surface area (Å²) in [6.45, 7) is 6.61. The minimum Gasteiger partial charge on any atom is -0.0847 e. The molecule has 2 atom stereocenters. The van der Waals surface area contributed by atoms with Crippen LogP contribution in [0.25, 0.3) is 0 Å². The molecule has 0 fully saturated rings. The van der Waals surface area contributed by atoms with Crippen LogP contribution in [0.3, 0.4) is 0 Å². The minimum absolute atomic E-state index is 0.419. The SMILES string of the molecule is CCC1=CC(Cl)=CC(c2ccc(C)cc2)C1C. The van der Waals surface area contributed by atoms with Gasteiger partial charge in [-0.15, -0.1) is 0 Å². The number of hydrogen-bond donors (Lipinski definition) is 0. The molecule has 1 aliphatic rings. The maximum Gasteiger partial charge on any atom is 0.0372 e. The number of rotatable bonds is 2. The summed E-state index contributed by atoms with van der Waals surface area (Å²) in [5, 5.41) is 0.880. The van der Waals surface area contributed by atoms with Crippen LogP contribution < -0.4 is 0 Å². The van der Waals surface area contributed by atoms with Gasteiger partial charge in [0.15, 0.2) is 0 Å². The van der Waals surface area contributed by atoms with Gasteiger partial charge in [-0.1, -0.05) is 66.9 Å². The van der Waals surface area contributed by atoms with Gasteiger partial charge in [0.25, 0.3) is 0 Å². The molecule has 0 amide bonds. The number of allylic oxidation sites excluding steroid dienone is 4. The smallest absolute Gasteiger partial charge is 0.0372 e. The Balaban J connectivity index is 2.33. The van der Waals surface area contributed by atoms with E-state index in [1.54, 1.807) is 0 Å². The molecular formula is C16H19Cl. The van der Waals surface area contributed by atoms with Crippen LogP contribution in [0, 0.1) is 12.8 Å². The van der Waals surface area contributed by atoms with E-state index in [2.05, 4.69) is 57.2 Å². The second kappa shape index (κ2) is 5.10. The Hall–Kier alpha value is -1.01. The van der Waals surface area contributed by atoms with Crippen LogP contribution in [-0.2, 0) is 0 Å². The van der Waals surface area contributed by atoms with Crippen molar-refractivity contribution >= 4 is 11.6 Å². The third-order valence-corrected chi connectivity index (χ3v) is 3.89. The van der Waals surface area contributed by atoms with E-state index >= 15 is 0 Å². The summed E-state index contributed by atoms with van der Waals surface area (Å²) in [5.74, 6) is 0.966. The molecule has 1 aliphatic carbocycles. The van der Waals surface area contributed by atoms with E-state index in [-0.39, 0.29) is 0 Å². The average molecular weight is 247 g/mol. The van der Waals surface area contributed by atoms with Crippen LogP contribution in [0.1, 0.15) is 37.3 Å². The number of benzene rings is 1. The molecule has 17 heavy (non-hydrogen) atoms. The molecule has 2 unspecified atom stereocenters. The van der Waals surface area contributed by atoms with E-state index in [9.17, 15) is 0 Å². The molecule has 0 heterocycles. The Labute approximate surface area is 109 Å². The number of aryl methyl sites for hydroxylation is 1. The molecule has 90 valence electrons. The van der Waals surface area contributed by atoms with Gasteiger partial charge in [0, 0.05) is 11.0 Å². The lowest BCUT2D eigenvalue weighted by atomic mass is 9.78. The highest BCUT2D eigenvalue weighted by Gasteiger charge is 2.23. The predicted molar refractivity (Wildman–Crippen MR) is 75.4 cm³/mol. The lowest BCUT2D eigenvalue weighted by molar-refractivity contribution is 0.579. The number of hydrogen-bond acceptors (Lipinski definition) is 0. The molecule has 0 aromatic heterocycles. The molecule has 0 spiro atoms. The fourth-order valence-electron chi connectivity index (χ4n) is 2.50. The Kier molecular flexibility index (Phi) is 3.73. The van der Waals surface area contributed by atoms with E-state index in [1.165, 1.54) is 16.7 Å². The van der Waals surface area contributed by atoms with Gasteiger partial charge in [-0.05, 0) is 30.9 Å². The van der Waals surface area contributed by atoms with Gasteiger partial charge in [-0.25, -0.2) is 0 Å². The van der Waals surface area contributed by atoms with Gasteiger partial charge in [0.1, 0.15) is 0 Å². The summed E-state index contributed by atoms with van der Waals surface area (Å²) in [5.41, 5.74) is 4.11. The van der Waals surface area contributed by atoms with Gasteiger partial charge >= 0.3 is 0 Å². The van der Waals surface area contributed by atoms with Crippen LogP contribution in [0.5, 0.6) is 0 Å². The molecular weight excluding hydrogens is 228 g/mol. The highest BCUT2D eigenvalue weighted by atomic mass is 35.5. The van der Waals surface area contributed by atoms with Crippen molar-refractivity contribution in [3.63, 3.8) is 0 Å². The van der Waals surface area contributed by atoms with Crippen LogP contribution in [0.2, 0.25) is 0 Å². The van der Waals surface area contributed by atoms with Gasteiger partial charge < -0.3 is 0 Å².